The van der Waals surface area contributed by atoms with Crippen molar-refractivity contribution in [3.63, 3.8) is 0 Å². The fraction of sp³-hybridized carbons (Fsp3) is 0.750. The quantitative estimate of drug-likeness (QED) is 0.852. The number of aromatic nitrogens is 2. The van der Waals surface area contributed by atoms with Crippen molar-refractivity contribution < 1.29 is 9.53 Å². The lowest BCUT2D eigenvalue weighted by atomic mass is 9.79. The van der Waals surface area contributed by atoms with Crippen LogP contribution in [-0.4, -0.2) is 46.7 Å². The summed E-state index contributed by atoms with van der Waals surface area (Å²) in [4.78, 5) is 18.7. The Kier molecular flexibility index (Phi) is 4.29. The van der Waals surface area contributed by atoms with Crippen molar-refractivity contribution in [2.45, 2.75) is 45.6 Å². The van der Waals surface area contributed by atoms with Crippen LogP contribution in [0.3, 0.4) is 0 Å². The fourth-order valence-corrected chi connectivity index (χ4v) is 3.59. The minimum Gasteiger partial charge on any atom is -0.381 e. The highest BCUT2D eigenvalue weighted by Gasteiger charge is 2.39. The highest BCUT2D eigenvalue weighted by Crippen LogP contribution is 2.37. The predicted molar refractivity (Wildman–Crippen MR) is 79.9 cm³/mol. The number of aryl methyl sites for hydroxylation is 2. The van der Waals surface area contributed by atoms with E-state index in [1.165, 1.54) is 6.42 Å². The van der Waals surface area contributed by atoms with Gasteiger partial charge in [0.1, 0.15) is 5.82 Å². The molecule has 116 valence electrons. The highest BCUT2D eigenvalue weighted by atomic mass is 16.5. The first-order chi connectivity index (χ1) is 10.2. The third-order valence-electron chi connectivity index (χ3n) is 4.91. The lowest BCUT2D eigenvalue weighted by Gasteiger charge is -2.39. The summed E-state index contributed by atoms with van der Waals surface area (Å²) in [7, 11) is 0. The Labute approximate surface area is 126 Å². The molecule has 0 N–H and O–H groups in total. The SMILES string of the molecule is Cc1nccn1CCCC(=O)N1CCC[C@]2(CCOC2)C1. The van der Waals surface area contributed by atoms with E-state index >= 15 is 0 Å². The second-order valence-electron chi connectivity index (χ2n) is 6.49. The molecule has 0 aliphatic carbocycles. The highest BCUT2D eigenvalue weighted by molar-refractivity contribution is 5.76. The molecule has 5 nitrogen and oxygen atoms in total. The van der Waals surface area contributed by atoms with Crippen LogP contribution in [0, 0.1) is 12.3 Å². The van der Waals surface area contributed by atoms with Gasteiger partial charge in [-0.25, -0.2) is 4.98 Å². The zero-order chi connectivity index (χ0) is 14.7. The number of ether oxygens (including phenoxy) is 1. The van der Waals surface area contributed by atoms with Crippen LogP contribution < -0.4 is 0 Å². The van der Waals surface area contributed by atoms with E-state index in [2.05, 4.69) is 14.5 Å². The minimum atomic E-state index is 0.259. The van der Waals surface area contributed by atoms with E-state index in [1.807, 2.05) is 19.3 Å². The number of rotatable bonds is 4. The van der Waals surface area contributed by atoms with E-state index in [1.54, 1.807) is 0 Å². The first kappa shape index (κ1) is 14.6. The number of nitrogens with zero attached hydrogens (tertiary/aromatic N) is 3. The Balaban J connectivity index is 1.47. The topological polar surface area (TPSA) is 47.4 Å². The van der Waals surface area contributed by atoms with Crippen LogP contribution in [0.2, 0.25) is 0 Å². The first-order valence-electron chi connectivity index (χ1n) is 8.02. The molecule has 1 atom stereocenters. The van der Waals surface area contributed by atoms with Crippen molar-refractivity contribution in [3.8, 4) is 0 Å². The molecule has 1 aromatic rings. The van der Waals surface area contributed by atoms with Crippen LogP contribution in [0.25, 0.3) is 0 Å². The summed E-state index contributed by atoms with van der Waals surface area (Å²) in [6, 6.07) is 0. The van der Waals surface area contributed by atoms with Crippen LogP contribution in [0.4, 0.5) is 0 Å². The van der Waals surface area contributed by atoms with Gasteiger partial charge < -0.3 is 14.2 Å². The molecule has 0 unspecified atom stereocenters. The monoisotopic (exact) mass is 291 g/mol. The fourth-order valence-electron chi connectivity index (χ4n) is 3.59. The van der Waals surface area contributed by atoms with Crippen molar-refractivity contribution in [1.29, 1.82) is 0 Å². The summed E-state index contributed by atoms with van der Waals surface area (Å²) in [5.74, 6) is 1.32. The Morgan fingerprint density at radius 3 is 3.10 bits per heavy atom. The Morgan fingerprint density at radius 1 is 1.48 bits per heavy atom. The van der Waals surface area contributed by atoms with Crippen molar-refractivity contribution in [1.82, 2.24) is 14.5 Å². The van der Waals surface area contributed by atoms with Crippen molar-refractivity contribution >= 4 is 5.91 Å². The average molecular weight is 291 g/mol. The number of carbonyl (C=O) groups excluding carboxylic acids is 1. The second kappa shape index (κ2) is 6.18. The zero-order valence-electron chi connectivity index (χ0n) is 12.9. The second-order valence-corrected chi connectivity index (χ2v) is 6.49. The van der Waals surface area contributed by atoms with Crippen LogP contribution in [0.15, 0.2) is 12.4 Å². The third kappa shape index (κ3) is 3.28. The smallest absolute Gasteiger partial charge is 0.222 e. The van der Waals surface area contributed by atoms with Crippen LogP contribution in [0.5, 0.6) is 0 Å². The van der Waals surface area contributed by atoms with Crippen molar-refractivity contribution in [2.24, 2.45) is 5.41 Å². The van der Waals surface area contributed by atoms with Crippen molar-refractivity contribution in [2.75, 3.05) is 26.3 Å². The number of imidazole rings is 1. The van der Waals surface area contributed by atoms with E-state index in [4.69, 9.17) is 4.74 Å². The maximum atomic E-state index is 12.4. The summed E-state index contributed by atoms with van der Waals surface area (Å²) >= 11 is 0. The van der Waals surface area contributed by atoms with Gasteiger partial charge in [-0.2, -0.15) is 0 Å². The number of hydrogen-bond acceptors (Lipinski definition) is 3. The summed E-state index contributed by atoms with van der Waals surface area (Å²) in [5, 5.41) is 0. The molecule has 2 fully saturated rings. The third-order valence-corrected chi connectivity index (χ3v) is 4.91. The van der Waals surface area contributed by atoms with Crippen LogP contribution >= 0.6 is 0 Å². The summed E-state index contributed by atoms with van der Waals surface area (Å²) in [6.07, 6.45) is 8.76. The van der Waals surface area contributed by atoms with Crippen LogP contribution in [-0.2, 0) is 16.1 Å². The Bertz CT molecular complexity index is 491. The molecule has 3 rings (SSSR count). The maximum absolute atomic E-state index is 12.4. The first-order valence-corrected chi connectivity index (χ1v) is 8.02. The zero-order valence-corrected chi connectivity index (χ0v) is 12.9. The molecule has 0 aromatic carbocycles. The number of carbonyl (C=O) groups is 1. The molecule has 0 bridgehead atoms. The van der Waals surface area contributed by atoms with Gasteiger partial charge in [0, 0.05) is 50.5 Å². The van der Waals surface area contributed by atoms with Crippen molar-refractivity contribution in [3.05, 3.63) is 18.2 Å². The predicted octanol–water partition coefficient (Wildman–Crippen LogP) is 2.00. The molecule has 1 amide bonds. The van der Waals surface area contributed by atoms with E-state index < -0.39 is 0 Å². The molecule has 2 aliphatic heterocycles. The van der Waals surface area contributed by atoms with E-state index in [0.717, 1.165) is 57.9 Å². The minimum absolute atomic E-state index is 0.259. The van der Waals surface area contributed by atoms with Gasteiger partial charge in [-0.05, 0) is 32.6 Å². The lowest BCUT2D eigenvalue weighted by molar-refractivity contribution is -0.134. The molecular formula is C16H25N3O2. The van der Waals surface area contributed by atoms with Gasteiger partial charge in [-0.1, -0.05) is 0 Å². The molecule has 0 saturated carbocycles. The lowest BCUT2D eigenvalue weighted by Crippen LogP contribution is -2.46. The van der Waals surface area contributed by atoms with Gasteiger partial charge in [0.15, 0.2) is 0 Å². The molecule has 1 spiro atoms. The van der Waals surface area contributed by atoms with Gasteiger partial charge in [-0.3, -0.25) is 4.79 Å². The van der Waals surface area contributed by atoms with Gasteiger partial charge in [0.05, 0.1) is 6.61 Å². The molecule has 5 heteroatoms. The molecule has 2 saturated heterocycles. The van der Waals surface area contributed by atoms with Gasteiger partial charge in [-0.15, -0.1) is 0 Å². The Hall–Kier alpha value is -1.36. The number of amides is 1. The molecule has 1 aromatic heterocycles. The summed E-state index contributed by atoms with van der Waals surface area (Å²) in [6.45, 7) is 6.39. The number of hydrogen-bond donors (Lipinski definition) is 0. The maximum Gasteiger partial charge on any atom is 0.222 e. The molecule has 2 aliphatic rings. The Morgan fingerprint density at radius 2 is 2.38 bits per heavy atom. The van der Waals surface area contributed by atoms with Gasteiger partial charge in [0.2, 0.25) is 5.91 Å². The standard InChI is InChI=1S/C16H25N3O2/c1-14-17-7-10-18(14)8-2-4-15(20)19-9-3-5-16(12-19)6-11-21-13-16/h7,10H,2-6,8-9,11-13H2,1H3/t16-/m0/s1. The molecule has 3 heterocycles. The number of likely N-dealkylation sites (tertiary alicyclic amines) is 1. The number of piperidine rings is 1. The molecular weight excluding hydrogens is 266 g/mol. The van der Waals surface area contributed by atoms with Crippen LogP contribution in [0.1, 0.15) is 37.9 Å². The summed E-state index contributed by atoms with van der Waals surface area (Å²) < 4.78 is 7.67. The molecule has 21 heavy (non-hydrogen) atoms. The molecule has 0 radical (unpaired) electrons. The average Bonchev–Trinajstić information content (AvgIpc) is 3.09. The normalized spacial score (nSPS) is 25.7. The van der Waals surface area contributed by atoms with E-state index in [0.29, 0.717) is 12.3 Å². The summed E-state index contributed by atoms with van der Waals surface area (Å²) in [5.41, 5.74) is 0.259. The van der Waals surface area contributed by atoms with Gasteiger partial charge in [0.25, 0.3) is 0 Å². The van der Waals surface area contributed by atoms with E-state index in [9.17, 15) is 4.79 Å². The largest absolute Gasteiger partial charge is 0.381 e. The van der Waals surface area contributed by atoms with E-state index in [-0.39, 0.29) is 5.41 Å². The van der Waals surface area contributed by atoms with Gasteiger partial charge >= 0.3 is 0 Å².